The largest absolute Gasteiger partial charge is 0.482 e. The second kappa shape index (κ2) is 9.43. The van der Waals surface area contributed by atoms with Crippen molar-refractivity contribution in [2.45, 2.75) is 19.8 Å². The fourth-order valence-electron chi connectivity index (χ4n) is 3.02. The number of halogens is 2. The summed E-state index contributed by atoms with van der Waals surface area (Å²) in [5.41, 5.74) is 1.24. The van der Waals surface area contributed by atoms with Gasteiger partial charge < -0.3 is 15.0 Å². The van der Waals surface area contributed by atoms with Gasteiger partial charge in [-0.3, -0.25) is 9.59 Å². The molecule has 0 aromatic heterocycles. The second-order valence-corrected chi connectivity index (χ2v) is 8.29. The summed E-state index contributed by atoms with van der Waals surface area (Å²) in [4.78, 5) is 26.5. The molecule has 1 aliphatic heterocycles. The van der Waals surface area contributed by atoms with Gasteiger partial charge in [-0.2, -0.15) is 0 Å². The number of benzene rings is 2. The third-order valence-corrected chi connectivity index (χ3v) is 5.53. The van der Waals surface area contributed by atoms with Gasteiger partial charge in [-0.15, -0.1) is 0 Å². The third-order valence-electron chi connectivity index (χ3n) is 4.74. The van der Waals surface area contributed by atoms with Gasteiger partial charge >= 0.3 is 0 Å². The number of nitrogens with zero attached hydrogens (tertiary/aromatic N) is 1. The van der Waals surface area contributed by atoms with Crippen molar-refractivity contribution < 1.29 is 14.3 Å². The summed E-state index contributed by atoms with van der Waals surface area (Å²) in [5, 5.41) is 3.18. The van der Waals surface area contributed by atoms with Gasteiger partial charge in [0.25, 0.3) is 11.8 Å². The lowest BCUT2D eigenvalue weighted by Crippen LogP contribution is -2.37. The molecule has 0 aliphatic carbocycles. The molecular weight excluding hydrogens is 444 g/mol. The Morgan fingerprint density at radius 1 is 1.18 bits per heavy atom. The first-order valence-corrected chi connectivity index (χ1v) is 10.4. The van der Waals surface area contributed by atoms with Gasteiger partial charge in [0.2, 0.25) is 0 Å². The minimum absolute atomic E-state index is 0.0398. The van der Waals surface area contributed by atoms with Crippen LogP contribution in [0.3, 0.4) is 0 Å². The molecule has 0 bridgehead atoms. The van der Waals surface area contributed by atoms with E-state index in [0.29, 0.717) is 27.9 Å². The lowest BCUT2D eigenvalue weighted by molar-refractivity contribution is -0.118. The molecule has 1 heterocycles. The van der Waals surface area contributed by atoms with Crippen molar-refractivity contribution >= 4 is 45.0 Å². The molecule has 0 spiro atoms. The summed E-state index contributed by atoms with van der Waals surface area (Å²) in [6.45, 7) is 3.66. The minimum Gasteiger partial charge on any atom is -0.482 e. The van der Waals surface area contributed by atoms with Gasteiger partial charge in [-0.1, -0.05) is 34.5 Å². The van der Waals surface area contributed by atoms with E-state index < -0.39 is 0 Å². The Morgan fingerprint density at radius 2 is 1.86 bits per heavy atom. The lowest BCUT2D eigenvalue weighted by Gasteiger charge is -2.30. The van der Waals surface area contributed by atoms with Crippen LogP contribution in [0.5, 0.6) is 5.75 Å². The van der Waals surface area contributed by atoms with Crippen molar-refractivity contribution in [3.63, 3.8) is 0 Å². The van der Waals surface area contributed by atoms with Crippen molar-refractivity contribution in [1.82, 2.24) is 4.90 Å². The Morgan fingerprint density at radius 3 is 2.50 bits per heavy atom. The van der Waals surface area contributed by atoms with Crippen molar-refractivity contribution in [3.05, 3.63) is 57.5 Å². The number of hydrogen-bond donors (Lipinski definition) is 1. The van der Waals surface area contributed by atoms with E-state index in [1.54, 1.807) is 42.5 Å². The summed E-state index contributed by atoms with van der Waals surface area (Å²) in [5.74, 6) is 0.856. The van der Waals surface area contributed by atoms with Gasteiger partial charge in [0.15, 0.2) is 6.61 Å². The first-order valence-electron chi connectivity index (χ1n) is 9.19. The molecule has 1 fully saturated rings. The maximum atomic E-state index is 12.6. The van der Waals surface area contributed by atoms with Crippen molar-refractivity contribution in [1.29, 1.82) is 0 Å². The van der Waals surface area contributed by atoms with E-state index in [0.717, 1.165) is 30.4 Å². The van der Waals surface area contributed by atoms with Crippen LogP contribution in [0.25, 0.3) is 0 Å². The molecule has 0 saturated carbocycles. The van der Waals surface area contributed by atoms with E-state index >= 15 is 0 Å². The van der Waals surface area contributed by atoms with Crippen LogP contribution in [-0.2, 0) is 4.79 Å². The molecule has 7 heteroatoms. The predicted molar refractivity (Wildman–Crippen MR) is 114 cm³/mol. The summed E-state index contributed by atoms with van der Waals surface area (Å²) < 4.78 is 6.29. The highest BCUT2D eigenvalue weighted by atomic mass is 79.9. The molecule has 2 aromatic carbocycles. The number of carbonyl (C=O) groups excluding carboxylic acids is 2. The zero-order chi connectivity index (χ0) is 20.1. The van der Waals surface area contributed by atoms with Gasteiger partial charge in [0, 0.05) is 28.8 Å². The highest BCUT2D eigenvalue weighted by Crippen LogP contribution is 2.27. The Labute approximate surface area is 178 Å². The quantitative estimate of drug-likeness (QED) is 0.676. The van der Waals surface area contributed by atoms with Crippen LogP contribution in [0.4, 0.5) is 5.69 Å². The molecule has 1 N–H and O–H groups in total. The number of anilines is 1. The number of hydrogen-bond acceptors (Lipinski definition) is 3. The monoisotopic (exact) mass is 464 g/mol. The SMILES string of the molecule is CC1CCN(C(=O)c2ccc(NC(=O)COc3ccc(Br)cc3Cl)cc2)CC1. The highest BCUT2D eigenvalue weighted by Gasteiger charge is 2.21. The summed E-state index contributed by atoms with van der Waals surface area (Å²) >= 11 is 9.39. The summed E-state index contributed by atoms with van der Waals surface area (Å²) in [7, 11) is 0. The minimum atomic E-state index is -0.303. The average molecular weight is 466 g/mol. The topological polar surface area (TPSA) is 58.6 Å². The van der Waals surface area contributed by atoms with Crippen LogP contribution < -0.4 is 10.1 Å². The number of piperidine rings is 1. The predicted octanol–water partition coefficient (Wildman–Crippen LogP) is 4.99. The Kier molecular flexibility index (Phi) is 6.97. The van der Waals surface area contributed by atoms with Gasteiger partial charge in [-0.05, 0) is 61.2 Å². The fourth-order valence-corrected chi connectivity index (χ4v) is 3.75. The van der Waals surface area contributed by atoms with Crippen LogP contribution in [0.15, 0.2) is 46.9 Å². The molecule has 148 valence electrons. The number of likely N-dealkylation sites (tertiary alicyclic amines) is 1. The summed E-state index contributed by atoms with van der Waals surface area (Å²) in [6, 6.07) is 12.1. The molecule has 28 heavy (non-hydrogen) atoms. The van der Waals surface area contributed by atoms with Crippen molar-refractivity contribution in [3.8, 4) is 5.75 Å². The van der Waals surface area contributed by atoms with Gasteiger partial charge in [0.1, 0.15) is 5.75 Å². The highest BCUT2D eigenvalue weighted by molar-refractivity contribution is 9.10. The van der Waals surface area contributed by atoms with E-state index in [4.69, 9.17) is 16.3 Å². The zero-order valence-electron chi connectivity index (χ0n) is 15.6. The third kappa shape index (κ3) is 5.49. The van der Waals surface area contributed by atoms with Crippen LogP contribution in [0.2, 0.25) is 5.02 Å². The Balaban J connectivity index is 1.52. The number of rotatable bonds is 5. The number of amides is 2. The van der Waals surface area contributed by atoms with Crippen LogP contribution in [0.1, 0.15) is 30.1 Å². The van der Waals surface area contributed by atoms with Gasteiger partial charge in [-0.25, -0.2) is 0 Å². The van der Waals surface area contributed by atoms with E-state index in [1.165, 1.54) is 0 Å². The maximum absolute atomic E-state index is 12.6. The standard InChI is InChI=1S/C21H22BrClN2O3/c1-14-8-10-25(11-9-14)21(27)15-2-5-17(6-3-15)24-20(26)13-28-19-7-4-16(22)12-18(19)23/h2-7,12,14H,8-11,13H2,1H3,(H,24,26). The van der Waals surface area contributed by atoms with Crippen LogP contribution in [0, 0.1) is 5.92 Å². The fraction of sp³-hybridized carbons (Fsp3) is 0.333. The smallest absolute Gasteiger partial charge is 0.262 e. The molecule has 5 nitrogen and oxygen atoms in total. The molecule has 2 amide bonds. The van der Waals surface area contributed by atoms with E-state index in [9.17, 15) is 9.59 Å². The Hall–Kier alpha value is -2.05. The molecule has 1 saturated heterocycles. The Bertz CT molecular complexity index is 849. The second-order valence-electron chi connectivity index (χ2n) is 6.96. The van der Waals surface area contributed by atoms with Crippen LogP contribution in [-0.4, -0.2) is 36.4 Å². The number of ether oxygens (including phenoxy) is 1. The lowest BCUT2D eigenvalue weighted by atomic mass is 9.98. The van der Waals surface area contributed by atoms with Crippen molar-refractivity contribution in [2.75, 3.05) is 25.0 Å². The maximum Gasteiger partial charge on any atom is 0.262 e. The molecule has 0 atom stereocenters. The molecular formula is C21H22BrClN2O3. The first kappa shape index (κ1) is 20.7. The average Bonchev–Trinajstić information content (AvgIpc) is 2.68. The first-order chi connectivity index (χ1) is 13.4. The normalized spacial score (nSPS) is 14.6. The summed E-state index contributed by atoms with van der Waals surface area (Å²) in [6.07, 6.45) is 2.09. The van der Waals surface area contributed by atoms with Crippen LogP contribution >= 0.6 is 27.5 Å². The molecule has 3 rings (SSSR count). The van der Waals surface area contributed by atoms with Gasteiger partial charge in [0.05, 0.1) is 5.02 Å². The molecule has 2 aromatic rings. The van der Waals surface area contributed by atoms with E-state index in [1.807, 2.05) is 4.90 Å². The molecule has 0 radical (unpaired) electrons. The molecule has 1 aliphatic rings. The zero-order valence-corrected chi connectivity index (χ0v) is 17.9. The molecule has 0 unspecified atom stereocenters. The van der Waals surface area contributed by atoms with E-state index in [-0.39, 0.29) is 18.4 Å². The van der Waals surface area contributed by atoms with Crippen molar-refractivity contribution in [2.24, 2.45) is 5.92 Å². The number of carbonyl (C=O) groups is 2. The number of nitrogens with one attached hydrogen (secondary N) is 1. The van der Waals surface area contributed by atoms with E-state index in [2.05, 4.69) is 28.2 Å².